The fourth-order valence-corrected chi connectivity index (χ4v) is 3.50. The third-order valence-electron chi connectivity index (χ3n) is 5.23. The number of hydrogen-bond donors (Lipinski definition) is 1. The number of carbonyl (C=O) groups excluding carboxylic acids is 3. The van der Waals surface area contributed by atoms with Crippen LogP contribution in [-0.2, 0) is 30.3 Å². The number of esters is 2. The molecule has 0 aromatic heterocycles. The van der Waals surface area contributed by atoms with Crippen LogP contribution in [0, 0.1) is 0 Å². The second kappa shape index (κ2) is 33.6. The van der Waals surface area contributed by atoms with E-state index in [1.165, 1.54) is 52.4 Å². The molecule has 0 saturated carbocycles. The molecule has 0 saturated heterocycles. The Morgan fingerprint density at radius 3 is 1.75 bits per heavy atom. The highest BCUT2D eigenvalue weighted by atomic mass is 35.5. The molecule has 1 aromatic rings. The predicted octanol–water partition coefficient (Wildman–Crippen LogP) is 7.58. The smallest absolute Gasteiger partial charge is 0.405 e. The summed E-state index contributed by atoms with van der Waals surface area (Å²) >= 11 is 9.87. The van der Waals surface area contributed by atoms with E-state index < -0.39 is 11.0 Å². The maximum Gasteiger partial charge on any atom is 0.405 e. The first kappa shape index (κ1) is 45.4. The molecular weight excluding hydrogens is 579 g/mol. The van der Waals surface area contributed by atoms with Gasteiger partial charge in [-0.15, -0.1) is 12.4 Å². The molecule has 236 valence electrons. The Morgan fingerprint density at radius 2 is 1.35 bits per heavy atom. The van der Waals surface area contributed by atoms with Crippen LogP contribution < -0.4 is 5.32 Å². The maximum absolute atomic E-state index is 10.9. The normalized spacial score (nSPS) is 10.3. The number of ether oxygens (including phenoxy) is 3. The molecule has 1 N–H and O–H groups in total. The van der Waals surface area contributed by atoms with Crippen LogP contribution in [0.3, 0.4) is 0 Å². The van der Waals surface area contributed by atoms with Crippen LogP contribution in [0.25, 0.3) is 0 Å². The Morgan fingerprint density at radius 1 is 0.875 bits per heavy atom. The molecule has 1 unspecified atom stereocenters. The largest absolute Gasteiger partial charge is 0.469 e. The Hall–Kier alpha value is -1.58. The minimum atomic E-state index is -0.873. The van der Waals surface area contributed by atoms with Crippen LogP contribution in [0.5, 0.6) is 0 Å². The first-order valence-corrected chi connectivity index (χ1v) is 14.0. The molecule has 0 radical (unpaired) electrons. The summed E-state index contributed by atoms with van der Waals surface area (Å²) in [4.78, 5) is 33.6. The third kappa shape index (κ3) is 36.4. The van der Waals surface area contributed by atoms with Gasteiger partial charge in [-0.05, 0) is 65.4 Å². The molecule has 0 amide bonds. The Labute approximate surface area is 259 Å². The van der Waals surface area contributed by atoms with Crippen molar-refractivity contribution in [3.8, 4) is 0 Å². The monoisotopic (exact) mass is 630 g/mol. The van der Waals surface area contributed by atoms with Gasteiger partial charge in [-0.25, -0.2) is 4.79 Å². The average molecular weight is 632 g/mol. The Kier molecular flexibility index (Phi) is 38.2. The fraction of sp³-hybridized carbons (Fsp3) is 0.690. The number of nitrogens with one attached hydrogen (secondary N) is 1. The average Bonchev–Trinajstić information content (AvgIpc) is 2.88. The molecule has 0 fully saturated rings. The number of benzene rings is 1. The number of unbranched alkanes of at least 4 members (excludes halogenated alkanes) is 6. The SMILES string of the molecule is C.CC(Cl)OC(=O)Cl.CNCCCCCCC(=O)OC.COC(=O)CCCCCCN(C)Cc1ccccc1.Cl. The Bertz CT molecular complexity index is 712. The van der Waals surface area contributed by atoms with Gasteiger partial charge in [0.05, 0.1) is 14.2 Å². The van der Waals surface area contributed by atoms with Gasteiger partial charge in [-0.1, -0.05) is 75.0 Å². The first-order chi connectivity index (χ1) is 18.2. The van der Waals surface area contributed by atoms with Crippen molar-refractivity contribution in [1.82, 2.24) is 10.2 Å². The minimum Gasteiger partial charge on any atom is -0.469 e. The van der Waals surface area contributed by atoms with Crippen molar-refractivity contribution in [2.24, 2.45) is 0 Å². The summed E-state index contributed by atoms with van der Waals surface area (Å²) in [7, 11) is 6.99. The van der Waals surface area contributed by atoms with Crippen LogP contribution in [0.1, 0.15) is 84.1 Å². The van der Waals surface area contributed by atoms with E-state index >= 15 is 0 Å². The maximum atomic E-state index is 10.9. The van der Waals surface area contributed by atoms with Crippen molar-refractivity contribution in [1.29, 1.82) is 0 Å². The summed E-state index contributed by atoms with van der Waals surface area (Å²) in [6.07, 6.45) is 9.99. The van der Waals surface area contributed by atoms with Crippen molar-refractivity contribution < 1.29 is 28.6 Å². The molecular formula is C29H53Cl3N2O6. The standard InChI is InChI=1S/C16H25NO2.C9H19NO2.C3H4Cl2O2.CH4.ClH/c1-17(14-15-10-6-5-7-11-15)13-9-4-3-8-12-16(18)19-2;1-10-8-6-4-3-5-7-9(11)12-2;1-2(4)7-3(5)6;;/h5-7,10-11H,3-4,8-9,12-14H2,1-2H3;10H,3-8H2,1-2H3;2H,1H3;1H4;1H. The van der Waals surface area contributed by atoms with E-state index in [1.807, 2.05) is 13.1 Å². The van der Waals surface area contributed by atoms with E-state index in [4.69, 9.17) is 23.2 Å². The van der Waals surface area contributed by atoms with E-state index in [1.54, 1.807) is 0 Å². The predicted molar refractivity (Wildman–Crippen MR) is 169 cm³/mol. The van der Waals surface area contributed by atoms with E-state index in [9.17, 15) is 14.4 Å². The van der Waals surface area contributed by atoms with Crippen LogP contribution in [-0.4, -0.2) is 69.2 Å². The summed E-state index contributed by atoms with van der Waals surface area (Å²) in [5.41, 5.74) is -0.150. The van der Waals surface area contributed by atoms with Crippen LogP contribution in [0.15, 0.2) is 30.3 Å². The first-order valence-electron chi connectivity index (χ1n) is 13.2. The summed E-state index contributed by atoms with van der Waals surface area (Å²) < 4.78 is 13.3. The number of nitrogens with zero attached hydrogens (tertiary/aromatic N) is 1. The molecule has 1 rings (SSSR count). The van der Waals surface area contributed by atoms with E-state index in [2.05, 4.69) is 55.7 Å². The highest BCUT2D eigenvalue weighted by Gasteiger charge is 2.02. The molecule has 0 aliphatic carbocycles. The van der Waals surface area contributed by atoms with E-state index in [0.29, 0.717) is 12.8 Å². The quantitative estimate of drug-likeness (QED) is 0.0618. The van der Waals surface area contributed by atoms with Gasteiger partial charge in [0, 0.05) is 31.0 Å². The van der Waals surface area contributed by atoms with Crippen molar-refractivity contribution in [3.05, 3.63) is 35.9 Å². The summed E-state index contributed by atoms with van der Waals surface area (Å²) in [6, 6.07) is 10.5. The van der Waals surface area contributed by atoms with Crippen molar-refractivity contribution in [2.75, 3.05) is 41.4 Å². The van der Waals surface area contributed by atoms with Gasteiger partial charge >= 0.3 is 17.4 Å². The van der Waals surface area contributed by atoms with Gasteiger partial charge in [-0.2, -0.15) is 0 Å². The molecule has 1 atom stereocenters. The second-order valence-electron chi connectivity index (χ2n) is 8.71. The zero-order valence-electron chi connectivity index (χ0n) is 24.2. The van der Waals surface area contributed by atoms with Gasteiger partial charge in [0.25, 0.3) is 0 Å². The minimum absolute atomic E-state index is 0. The van der Waals surface area contributed by atoms with Crippen LogP contribution in [0.4, 0.5) is 4.79 Å². The van der Waals surface area contributed by atoms with Gasteiger partial charge < -0.3 is 24.4 Å². The lowest BCUT2D eigenvalue weighted by molar-refractivity contribution is -0.141. The molecule has 0 spiro atoms. The fourth-order valence-electron chi connectivity index (χ4n) is 3.24. The molecule has 1 aromatic carbocycles. The van der Waals surface area contributed by atoms with Crippen molar-refractivity contribution >= 4 is 53.0 Å². The van der Waals surface area contributed by atoms with Gasteiger partial charge in [-0.3, -0.25) is 9.59 Å². The van der Waals surface area contributed by atoms with Crippen LogP contribution in [0.2, 0.25) is 0 Å². The topological polar surface area (TPSA) is 94.2 Å². The van der Waals surface area contributed by atoms with Gasteiger partial charge in [0.1, 0.15) is 0 Å². The zero-order chi connectivity index (χ0) is 29.0. The highest BCUT2D eigenvalue weighted by Crippen LogP contribution is 2.07. The van der Waals surface area contributed by atoms with Crippen LogP contribution >= 0.6 is 35.6 Å². The molecule has 40 heavy (non-hydrogen) atoms. The lowest BCUT2D eigenvalue weighted by Crippen LogP contribution is -2.18. The summed E-state index contributed by atoms with van der Waals surface area (Å²) in [5.74, 6) is -0.190. The van der Waals surface area contributed by atoms with Crippen molar-refractivity contribution in [3.63, 3.8) is 0 Å². The van der Waals surface area contributed by atoms with Gasteiger partial charge in [0.2, 0.25) is 0 Å². The zero-order valence-corrected chi connectivity index (χ0v) is 26.5. The molecule has 0 aliphatic heterocycles. The Balaban J connectivity index is -0.000000266. The number of methoxy groups -OCH3 is 2. The van der Waals surface area contributed by atoms with E-state index in [0.717, 1.165) is 45.3 Å². The molecule has 0 bridgehead atoms. The second-order valence-corrected chi connectivity index (χ2v) is 9.63. The van der Waals surface area contributed by atoms with E-state index in [-0.39, 0.29) is 31.8 Å². The number of carbonyl (C=O) groups is 3. The molecule has 8 nitrogen and oxygen atoms in total. The highest BCUT2D eigenvalue weighted by molar-refractivity contribution is 6.61. The van der Waals surface area contributed by atoms with Crippen molar-refractivity contribution in [2.45, 2.75) is 90.7 Å². The molecule has 11 heteroatoms. The summed E-state index contributed by atoms with van der Waals surface area (Å²) in [5, 5.41) is 3.09. The summed E-state index contributed by atoms with van der Waals surface area (Å²) in [6.45, 7) is 4.68. The number of rotatable bonds is 17. The number of halogens is 3. The number of hydrogen-bond acceptors (Lipinski definition) is 8. The lowest BCUT2D eigenvalue weighted by atomic mass is 10.1. The molecule has 0 aliphatic rings. The lowest BCUT2D eigenvalue weighted by Gasteiger charge is -2.16. The third-order valence-corrected chi connectivity index (χ3v) is 5.41. The number of alkyl halides is 1. The molecule has 0 heterocycles. The van der Waals surface area contributed by atoms with Gasteiger partial charge in [0.15, 0.2) is 5.56 Å².